The molecule has 1 atom stereocenters. The molecule has 0 saturated carbocycles. The Labute approximate surface area is 121 Å². The lowest BCUT2D eigenvalue weighted by molar-refractivity contribution is -0.123. The van der Waals surface area contributed by atoms with Crippen LogP contribution >= 0.6 is 0 Å². The number of hydrogen-bond donors (Lipinski definition) is 1. The van der Waals surface area contributed by atoms with Gasteiger partial charge < -0.3 is 10.1 Å². The standard InChI is InChI=1S/C16H14FNO3/c1-11(15(19)18-12-7-3-2-4-8-12)21-16(20)13-9-5-6-10-14(13)17/h2-11H,1H3,(H,18,19). The number of anilines is 1. The number of para-hydroxylation sites is 1. The van der Waals surface area contributed by atoms with Crippen LogP contribution in [0.4, 0.5) is 10.1 Å². The van der Waals surface area contributed by atoms with Gasteiger partial charge in [0.15, 0.2) is 6.10 Å². The van der Waals surface area contributed by atoms with E-state index in [1.165, 1.54) is 25.1 Å². The van der Waals surface area contributed by atoms with Crippen LogP contribution in [0.1, 0.15) is 17.3 Å². The van der Waals surface area contributed by atoms with Crippen LogP contribution in [-0.4, -0.2) is 18.0 Å². The van der Waals surface area contributed by atoms with Crippen molar-refractivity contribution in [1.82, 2.24) is 0 Å². The lowest BCUT2D eigenvalue weighted by Crippen LogP contribution is -2.30. The Bertz CT molecular complexity index is 643. The van der Waals surface area contributed by atoms with Crippen molar-refractivity contribution in [3.8, 4) is 0 Å². The maximum atomic E-state index is 13.4. The van der Waals surface area contributed by atoms with Gasteiger partial charge in [-0.2, -0.15) is 0 Å². The minimum atomic E-state index is -1.03. The Hall–Kier alpha value is -2.69. The first-order valence-electron chi connectivity index (χ1n) is 6.39. The van der Waals surface area contributed by atoms with Crippen molar-refractivity contribution in [3.63, 3.8) is 0 Å². The molecule has 0 aliphatic rings. The van der Waals surface area contributed by atoms with Crippen LogP contribution < -0.4 is 5.32 Å². The van der Waals surface area contributed by atoms with Gasteiger partial charge in [0.1, 0.15) is 5.82 Å². The summed E-state index contributed by atoms with van der Waals surface area (Å²) in [6.07, 6.45) is -1.03. The number of benzene rings is 2. The average Bonchev–Trinajstić information content (AvgIpc) is 2.48. The molecule has 21 heavy (non-hydrogen) atoms. The third-order valence-corrected chi connectivity index (χ3v) is 2.79. The van der Waals surface area contributed by atoms with Gasteiger partial charge in [-0.05, 0) is 31.2 Å². The summed E-state index contributed by atoms with van der Waals surface area (Å²) in [5.74, 6) is -2.03. The minimum absolute atomic E-state index is 0.197. The molecule has 2 aromatic rings. The van der Waals surface area contributed by atoms with E-state index in [2.05, 4.69) is 5.32 Å². The Balaban J connectivity index is 1.98. The Morgan fingerprint density at radius 3 is 2.33 bits per heavy atom. The van der Waals surface area contributed by atoms with Crippen LogP contribution in [0.3, 0.4) is 0 Å². The molecule has 0 heterocycles. The van der Waals surface area contributed by atoms with Crippen LogP contribution in [-0.2, 0) is 9.53 Å². The molecule has 0 aromatic heterocycles. The van der Waals surface area contributed by atoms with Gasteiger partial charge >= 0.3 is 5.97 Å². The zero-order chi connectivity index (χ0) is 15.2. The monoisotopic (exact) mass is 287 g/mol. The first kappa shape index (κ1) is 14.7. The summed E-state index contributed by atoms with van der Waals surface area (Å²) < 4.78 is 18.4. The van der Waals surface area contributed by atoms with Gasteiger partial charge in [0.25, 0.3) is 5.91 Å². The second-order valence-electron chi connectivity index (χ2n) is 4.38. The first-order chi connectivity index (χ1) is 10.1. The molecule has 0 fully saturated rings. The topological polar surface area (TPSA) is 55.4 Å². The van der Waals surface area contributed by atoms with Crippen molar-refractivity contribution in [3.05, 3.63) is 66.0 Å². The van der Waals surface area contributed by atoms with Crippen LogP contribution in [0.2, 0.25) is 0 Å². The van der Waals surface area contributed by atoms with E-state index in [0.29, 0.717) is 5.69 Å². The van der Waals surface area contributed by atoms with E-state index in [1.54, 1.807) is 24.3 Å². The van der Waals surface area contributed by atoms with Gasteiger partial charge in [-0.15, -0.1) is 0 Å². The molecule has 1 amide bonds. The van der Waals surface area contributed by atoms with E-state index in [-0.39, 0.29) is 5.56 Å². The zero-order valence-corrected chi connectivity index (χ0v) is 11.4. The molecule has 4 nitrogen and oxygen atoms in total. The Kier molecular flexibility index (Phi) is 4.66. The summed E-state index contributed by atoms with van der Waals surface area (Å²) in [5.41, 5.74) is 0.396. The molecule has 0 saturated heterocycles. The number of rotatable bonds is 4. The van der Waals surface area contributed by atoms with Gasteiger partial charge in [0.2, 0.25) is 0 Å². The number of carbonyl (C=O) groups excluding carboxylic acids is 2. The van der Waals surface area contributed by atoms with E-state index < -0.39 is 23.8 Å². The number of esters is 1. The number of amides is 1. The predicted molar refractivity (Wildman–Crippen MR) is 76.3 cm³/mol. The van der Waals surface area contributed by atoms with Crippen LogP contribution in [0.5, 0.6) is 0 Å². The molecular weight excluding hydrogens is 273 g/mol. The highest BCUT2D eigenvalue weighted by atomic mass is 19.1. The average molecular weight is 287 g/mol. The zero-order valence-electron chi connectivity index (χ0n) is 11.4. The molecule has 0 aliphatic carbocycles. The molecule has 1 unspecified atom stereocenters. The number of nitrogens with one attached hydrogen (secondary N) is 1. The molecule has 2 aromatic carbocycles. The fourth-order valence-corrected chi connectivity index (χ4v) is 1.67. The van der Waals surface area contributed by atoms with Gasteiger partial charge in [0, 0.05) is 5.69 Å². The summed E-state index contributed by atoms with van der Waals surface area (Å²) in [7, 11) is 0. The van der Waals surface area contributed by atoms with Crippen LogP contribution in [0, 0.1) is 5.82 Å². The maximum Gasteiger partial charge on any atom is 0.341 e. The van der Waals surface area contributed by atoms with Crippen molar-refractivity contribution in [2.75, 3.05) is 5.32 Å². The van der Waals surface area contributed by atoms with E-state index >= 15 is 0 Å². The fourth-order valence-electron chi connectivity index (χ4n) is 1.67. The highest BCUT2D eigenvalue weighted by Gasteiger charge is 2.20. The number of halogens is 1. The maximum absolute atomic E-state index is 13.4. The third-order valence-electron chi connectivity index (χ3n) is 2.79. The van der Waals surface area contributed by atoms with Gasteiger partial charge in [-0.25, -0.2) is 9.18 Å². The summed E-state index contributed by atoms with van der Waals surface area (Å²) in [4.78, 5) is 23.7. The molecule has 5 heteroatoms. The van der Waals surface area contributed by atoms with Crippen molar-refractivity contribution in [2.24, 2.45) is 0 Å². The first-order valence-corrected chi connectivity index (χ1v) is 6.39. The van der Waals surface area contributed by atoms with E-state index in [9.17, 15) is 14.0 Å². The fraction of sp³-hybridized carbons (Fsp3) is 0.125. The molecule has 0 bridgehead atoms. The van der Waals surface area contributed by atoms with Gasteiger partial charge in [-0.1, -0.05) is 30.3 Å². The molecule has 0 aliphatic heterocycles. The van der Waals surface area contributed by atoms with Crippen LogP contribution in [0.15, 0.2) is 54.6 Å². The summed E-state index contributed by atoms with van der Waals surface area (Å²) in [6, 6.07) is 14.2. The molecule has 2 rings (SSSR count). The highest BCUT2D eigenvalue weighted by Crippen LogP contribution is 2.11. The second-order valence-corrected chi connectivity index (χ2v) is 4.38. The number of hydrogen-bond acceptors (Lipinski definition) is 3. The summed E-state index contributed by atoms with van der Waals surface area (Å²) >= 11 is 0. The number of carbonyl (C=O) groups is 2. The van der Waals surface area contributed by atoms with Gasteiger partial charge in [-0.3, -0.25) is 4.79 Å². The number of ether oxygens (including phenoxy) is 1. The van der Waals surface area contributed by atoms with Crippen LogP contribution in [0.25, 0.3) is 0 Å². The minimum Gasteiger partial charge on any atom is -0.449 e. The third kappa shape index (κ3) is 3.89. The van der Waals surface area contributed by atoms with Crippen molar-refractivity contribution >= 4 is 17.6 Å². The molecule has 0 spiro atoms. The van der Waals surface area contributed by atoms with Crippen molar-refractivity contribution < 1.29 is 18.7 Å². The quantitative estimate of drug-likeness (QED) is 0.879. The van der Waals surface area contributed by atoms with E-state index in [4.69, 9.17) is 4.74 Å². The molecule has 108 valence electrons. The van der Waals surface area contributed by atoms with Crippen molar-refractivity contribution in [1.29, 1.82) is 0 Å². The largest absolute Gasteiger partial charge is 0.449 e. The molecule has 0 radical (unpaired) electrons. The van der Waals surface area contributed by atoms with Crippen molar-refractivity contribution in [2.45, 2.75) is 13.0 Å². The Morgan fingerprint density at radius 1 is 1.05 bits per heavy atom. The highest BCUT2D eigenvalue weighted by molar-refractivity contribution is 5.97. The molecular formula is C16H14FNO3. The Morgan fingerprint density at radius 2 is 1.67 bits per heavy atom. The second kappa shape index (κ2) is 6.65. The molecule has 1 N–H and O–H groups in total. The van der Waals surface area contributed by atoms with E-state index in [0.717, 1.165) is 6.07 Å². The normalized spacial score (nSPS) is 11.5. The predicted octanol–water partition coefficient (Wildman–Crippen LogP) is 3.01. The van der Waals surface area contributed by atoms with E-state index in [1.807, 2.05) is 6.07 Å². The SMILES string of the molecule is CC(OC(=O)c1ccccc1F)C(=O)Nc1ccccc1. The summed E-state index contributed by atoms with van der Waals surface area (Å²) in [6.45, 7) is 1.43. The lowest BCUT2D eigenvalue weighted by Gasteiger charge is -2.13. The summed E-state index contributed by atoms with van der Waals surface area (Å²) in [5, 5.41) is 2.60. The smallest absolute Gasteiger partial charge is 0.341 e. The lowest BCUT2D eigenvalue weighted by atomic mass is 10.2. The van der Waals surface area contributed by atoms with Gasteiger partial charge in [0.05, 0.1) is 5.56 Å².